The second-order valence-electron chi connectivity index (χ2n) is 15.2. The minimum Gasteiger partial charge on any atom is -0.396 e. The van der Waals surface area contributed by atoms with Crippen molar-refractivity contribution in [3.05, 3.63) is 42.0 Å². The predicted molar refractivity (Wildman–Crippen MR) is 157 cm³/mol. The predicted octanol–water partition coefficient (Wildman–Crippen LogP) is 5.41. The first-order valence-corrected chi connectivity index (χ1v) is 15.3. The Morgan fingerprint density at radius 2 is 1.62 bits per heavy atom. The number of hydrogen-bond acceptors (Lipinski definition) is 5. The lowest BCUT2D eigenvalue weighted by Gasteiger charge is -2.62. The second-order valence-corrected chi connectivity index (χ2v) is 15.2. The van der Waals surface area contributed by atoms with Crippen molar-refractivity contribution in [1.82, 2.24) is 4.90 Å². The summed E-state index contributed by atoms with van der Waals surface area (Å²) in [5, 5.41) is 22.6. The third kappa shape index (κ3) is 3.27. The van der Waals surface area contributed by atoms with Crippen molar-refractivity contribution >= 4 is 12.0 Å². The zero-order valence-electron chi connectivity index (χ0n) is 25.2. The van der Waals surface area contributed by atoms with Crippen LogP contribution >= 0.6 is 0 Å². The van der Waals surface area contributed by atoms with Crippen LogP contribution in [0.15, 0.2) is 36.4 Å². The molecule has 0 radical (unpaired) electrons. The van der Waals surface area contributed by atoms with Crippen LogP contribution in [0.2, 0.25) is 0 Å². The maximum absolute atomic E-state index is 11.5. The summed E-state index contributed by atoms with van der Waals surface area (Å²) in [6.45, 7) is 9.79. The second kappa shape index (κ2) is 8.66. The fraction of sp³-hybridized carbons (Fsp3) is 0.735. The molecule has 2 N–H and O–H groups in total. The number of hydrogen-bond donors (Lipinski definition) is 2. The van der Waals surface area contributed by atoms with E-state index < -0.39 is 0 Å². The Labute approximate surface area is 235 Å². The van der Waals surface area contributed by atoms with Crippen LogP contribution in [0.3, 0.4) is 0 Å². The van der Waals surface area contributed by atoms with E-state index in [-0.39, 0.29) is 46.3 Å². The summed E-state index contributed by atoms with van der Waals surface area (Å²) < 4.78 is 0. The van der Waals surface area contributed by atoms with Gasteiger partial charge in [0.15, 0.2) is 0 Å². The Morgan fingerprint density at radius 3 is 2.23 bits per heavy atom. The lowest BCUT2D eigenvalue weighted by Crippen LogP contribution is -2.60. The van der Waals surface area contributed by atoms with Crippen molar-refractivity contribution in [3.8, 4) is 0 Å². The average Bonchev–Trinajstić information content (AvgIpc) is 3.52. The minimum atomic E-state index is -0.258. The molecule has 0 heterocycles. The van der Waals surface area contributed by atoms with Gasteiger partial charge in [-0.05, 0) is 117 Å². The van der Waals surface area contributed by atoms with E-state index in [9.17, 15) is 15.0 Å². The van der Waals surface area contributed by atoms with Gasteiger partial charge in [0.2, 0.25) is 0 Å². The van der Waals surface area contributed by atoms with Crippen LogP contribution in [-0.4, -0.2) is 67.3 Å². The Hall–Kier alpha value is -1.69. The number of allylic oxidation sites excluding steroid dienone is 2. The van der Waals surface area contributed by atoms with Crippen molar-refractivity contribution < 1.29 is 15.0 Å². The molecule has 0 aliphatic heterocycles. The van der Waals surface area contributed by atoms with Crippen molar-refractivity contribution in [2.24, 2.45) is 44.8 Å². The Bertz CT molecular complexity index is 1170. The highest BCUT2D eigenvalue weighted by molar-refractivity contribution is 5.75. The first-order chi connectivity index (χ1) is 18.3. The number of fused-ring (bicyclic) bond motifs is 2. The number of rotatable bonds is 6. The van der Waals surface area contributed by atoms with E-state index in [1.54, 1.807) is 0 Å². The summed E-state index contributed by atoms with van der Waals surface area (Å²) in [5.41, 5.74) is 2.28. The van der Waals surface area contributed by atoms with E-state index in [1.807, 2.05) is 24.3 Å². The summed E-state index contributed by atoms with van der Waals surface area (Å²) in [4.78, 5) is 15.8. The molecule has 5 aliphatic carbocycles. The lowest BCUT2D eigenvalue weighted by molar-refractivity contribution is -0.109. The van der Waals surface area contributed by atoms with Crippen LogP contribution in [0.25, 0.3) is 0 Å². The van der Waals surface area contributed by atoms with Crippen LogP contribution < -0.4 is 4.90 Å². The first kappa shape index (κ1) is 27.5. The van der Waals surface area contributed by atoms with Crippen LogP contribution in [0.4, 0.5) is 5.69 Å². The molecule has 0 aromatic heterocycles. The van der Waals surface area contributed by atoms with Gasteiger partial charge in [0.25, 0.3) is 0 Å². The van der Waals surface area contributed by atoms with E-state index in [0.29, 0.717) is 28.9 Å². The fourth-order valence-electron chi connectivity index (χ4n) is 11.5. The van der Waals surface area contributed by atoms with Crippen molar-refractivity contribution in [2.75, 3.05) is 32.6 Å². The quantitative estimate of drug-likeness (QED) is 0.377. The Morgan fingerprint density at radius 1 is 0.974 bits per heavy atom. The minimum absolute atomic E-state index is 0.0775. The molecule has 39 heavy (non-hydrogen) atoms. The van der Waals surface area contributed by atoms with Gasteiger partial charge >= 0.3 is 0 Å². The van der Waals surface area contributed by atoms with Gasteiger partial charge in [-0.25, -0.2) is 0 Å². The van der Waals surface area contributed by atoms with Crippen molar-refractivity contribution in [3.63, 3.8) is 0 Å². The molecule has 5 aliphatic rings. The summed E-state index contributed by atoms with van der Waals surface area (Å²) in [6, 6.07) is 8.43. The van der Waals surface area contributed by atoms with Crippen LogP contribution in [0.1, 0.15) is 76.6 Å². The van der Waals surface area contributed by atoms with E-state index in [2.05, 4.69) is 70.8 Å². The normalized spacial score (nSPS) is 48.5. The molecular weight excluding hydrogens is 484 g/mol. The molecule has 0 bridgehead atoms. The molecule has 5 heteroatoms. The molecule has 4 fully saturated rings. The van der Waals surface area contributed by atoms with Crippen LogP contribution in [0, 0.1) is 44.8 Å². The summed E-state index contributed by atoms with van der Waals surface area (Å²) in [5.74, 6) is 1.12. The molecule has 0 amide bonds. The summed E-state index contributed by atoms with van der Waals surface area (Å²) in [7, 11) is 6.47. The maximum atomic E-state index is 11.5. The third-order valence-electron chi connectivity index (χ3n) is 14.0. The number of aldehydes is 1. The molecular formula is C34H50N2O3. The molecule has 0 saturated heterocycles. The standard InChI is InChI=1S/C34H50N2O3/c1-22(35(5)6)29-25(39)18-32(4)27-13-12-26-30(2,21-38)28(36(7)24-10-8-23(19-37)9-11-24)14-15-33(26)20-34(27,33)17-16-31(29,32)3/h8-13,19,22,25-29,38-39H,14-18,20-21H2,1-7H3. The summed E-state index contributed by atoms with van der Waals surface area (Å²) >= 11 is 0. The largest absolute Gasteiger partial charge is 0.396 e. The Kier molecular flexibility index (Phi) is 6.10. The van der Waals surface area contributed by atoms with Gasteiger partial charge in [-0.15, -0.1) is 0 Å². The van der Waals surface area contributed by atoms with E-state index in [0.717, 1.165) is 24.8 Å². The number of nitrogens with zero attached hydrogens (tertiary/aromatic N) is 2. The maximum Gasteiger partial charge on any atom is 0.150 e. The molecule has 2 spiro atoms. The van der Waals surface area contributed by atoms with Gasteiger partial charge in [-0.1, -0.05) is 32.9 Å². The highest BCUT2D eigenvalue weighted by atomic mass is 16.3. The van der Waals surface area contributed by atoms with Gasteiger partial charge in [0.1, 0.15) is 6.29 Å². The van der Waals surface area contributed by atoms with E-state index >= 15 is 0 Å². The van der Waals surface area contributed by atoms with Gasteiger partial charge in [-0.2, -0.15) is 0 Å². The molecule has 214 valence electrons. The highest BCUT2D eigenvalue weighted by Crippen LogP contribution is 2.87. The van der Waals surface area contributed by atoms with Gasteiger partial charge < -0.3 is 20.0 Å². The Balaban J connectivity index is 1.35. The smallest absolute Gasteiger partial charge is 0.150 e. The topological polar surface area (TPSA) is 64.0 Å². The van der Waals surface area contributed by atoms with Gasteiger partial charge in [0.05, 0.1) is 12.7 Å². The van der Waals surface area contributed by atoms with Crippen LogP contribution in [0.5, 0.6) is 0 Å². The van der Waals surface area contributed by atoms with Crippen LogP contribution in [-0.2, 0) is 0 Å². The van der Waals surface area contributed by atoms with E-state index in [1.165, 1.54) is 25.7 Å². The van der Waals surface area contributed by atoms with Crippen molar-refractivity contribution in [2.45, 2.75) is 84.4 Å². The molecule has 11 unspecified atom stereocenters. The molecule has 4 saturated carbocycles. The SMILES string of the molecule is CC(C1C(O)CC2(C)C3C=CC4C(C)(CO)C(N(C)c5ccc(C=O)cc5)CCC45CC35CCC12C)N(C)C. The zero-order chi connectivity index (χ0) is 28.2. The van der Waals surface area contributed by atoms with Crippen molar-refractivity contribution in [1.29, 1.82) is 0 Å². The summed E-state index contributed by atoms with van der Waals surface area (Å²) in [6.07, 6.45) is 12.6. The number of anilines is 1. The zero-order valence-corrected chi connectivity index (χ0v) is 25.2. The fourth-order valence-corrected chi connectivity index (χ4v) is 11.5. The number of aliphatic hydroxyl groups is 2. The molecule has 5 nitrogen and oxygen atoms in total. The molecule has 6 rings (SSSR count). The number of carbonyl (C=O) groups is 1. The molecule has 11 atom stereocenters. The van der Waals surface area contributed by atoms with E-state index in [4.69, 9.17) is 0 Å². The number of benzene rings is 1. The number of carbonyl (C=O) groups excluding carboxylic acids is 1. The average molecular weight is 535 g/mol. The lowest BCUT2D eigenvalue weighted by atomic mass is 9.43. The third-order valence-corrected chi connectivity index (χ3v) is 14.0. The first-order valence-electron chi connectivity index (χ1n) is 15.3. The van der Waals surface area contributed by atoms with Gasteiger partial charge in [0, 0.05) is 41.7 Å². The molecule has 1 aromatic carbocycles. The number of aliphatic hydroxyl groups excluding tert-OH is 2. The monoisotopic (exact) mass is 534 g/mol. The highest BCUT2D eigenvalue weighted by Gasteiger charge is 2.82. The van der Waals surface area contributed by atoms with Gasteiger partial charge in [-0.3, -0.25) is 4.79 Å². The molecule has 1 aromatic rings.